The van der Waals surface area contributed by atoms with Crippen molar-refractivity contribution in [1.82, 2.24) is 10.2 Å². The van der Waals surface area contributed by atoms with Crippen LogP contribution in [-0.4, -0.2) is 27.8 Å². The molecule has 0 saturated heterocycles. The van der Waals surface area contributed by atoms with Gasteiger partial charge in [0, 0.05) is 6.54 Å². The highest BCUT2D eigenvalue weighted by molar-refractivity contribution is 5.78. The summed E-state index contributed by atoms with van der Waals surface area (Å²) in [7, 11) is 0. The number of hydrogen-bond donors (Lipinski definition) is 2. The molecule has 0 bridgehead atoms. The SMILES string of the molecule is CCc1nnc(NCC2(C(=O)O)CC2)c(C#N)c1CC. The maximum atomic E-state index is 11.1. The lowest BCUT2D eigenvalue weighted by molar-refractivity contribution is -0.142. The fourth-order valence-electron chi connectivity index (χ4n) is 2.29. The molecule has 2 N–H and O–H groups in total. The first-order valence-corrected chi connectivity index (χ1v) is 6.83. The molecule has 0 aliphatic heterocycles. The molecule has 1 aliphatic carbocycles. The summed E-state index contributed by atoms with van der Waals surface area (Å²) in [4.78, 5) is 11.1. The number of carboxylic acid groups (broad SMARTS) is 1. The van der Waals surface area contributed by atoms with E-state index < -0.39 is 11.4 Å². The molecule has 0 unspecified atom stereocenters. The van der Waals surface area contributed by atoms with Gasteiger partial charge in [-0.25, -0.2) is 0 Å². The standard InChI is InChI=1S/C14H18N4O2/c1-3-9-10(7-15)12(18-17-11(9)4-2)16-8-14(5-6-14)13(19)20/h3-6,8H2,1-2H3,(H,16,18)(H,19,20). The number of anilines is 1. The Labute approximate surface area is 117 Å². The lowest BCUT2D eigenvalue weighted by atomic mass is 10.0. The van der Waals surface area contributed by atoms with E-state index >= 15 is 0 Å². The van der Waals surface area contributed by atoms with E-state index in [2.05, 4.69) is 21.6 Å². The van der Waals surface area contributed by atoms with Crippen LogP contribution in [0.25, 0.3) is 0 Å². The Morgan fingerprint density at radius 1 is 1.40 bits per heavy atom. The number of rotatable bonds is 6. The molecular weight excluding hydrogens is 256 g/mol. The van der Waals surface area contributed by atoms with Gasteiger partial charge < -0.3 is 10.4 Å². The molecular formula is C14H18N4O2. The fraction of sp³-hybridized carbons (Fsp3) is 0.571. The fourth-order valence-corrected chi connectivity index (χ4v) is 2.29. The van der Waals surface area contributed by atoms with E-state index in [4.69, 9.17) is 5.11 Å². The molecule has 1 aromatic heterocycles. The maximum absolute atomic E-state index is 11.1. The van der Waals surface area contributed by atoms with Gasteiger partial charge in [-0.05, 0) is 31.2 Å². The first-order valence-electron chi connectivity index (χ1n) is 6.83. The van der Waals surface area contributed by atoms with Crippen molar-refractivity contribution in [2.45, 2.75) is 39.5 Å². The van der Waals surface area contributed by atoms with Gasteiger partial charge in [-0.15, -0.1) is 5.10 Å². The van der Waals surface area contributed by atoms with E-state index in [1.165, 1.54) is 0 Å². The number of nitrogens with one attached hydrogen (secondary N) is 1. The van der Waals surface area contributed by atoms with Crippen LogP contribution in [0.4, 0.5) is 5.82 Å². The molecule has 1 fully saturated rings. The highest BCUT2D eigenvalue weighted by Gasteiger charge is 2.50. The van der Waals surface area contributed by atoms with Crippen LogP contribution in [-0.2, 0) is 17.6 Å². The predicted molar refractivity (Wildman–Crippen MR) is 73.3 cm³/mol. The highest BCUT2D eigenvalue weighted by atomic mass is 16.4. The zero-order valence-corrected chi connectivity index (χ0v) is 11.7. The molecule has 0 spiro atoms. The maximum Gasteiger partial charge on any atom is 0.311 e. The van der Waals surface area contributed by atoms with E-state index in [0.717, 1.165) is 17.7 Å². The molecule has 0 atom stereocenters. The third-order valence-corrected chi connectivity index (χ3v) is 3.86. The second kappa shape index (κ2) is 5.45. The van der Waals surface area contributed by atoms with Crippen molar-refractivity contribution >= 4 is 11.8 Å². The van der Waals surface area contributed by atoms with E-state index in [0.29, 0.717) is 37.2 Å². The Kier molecular flexibility index (Phi) is 3.89. The van der Waals surface area contributed by atoms with Crippen molar-refractivity contribution in [1.29, 1.82) is 5.26 Å². The van der Waals surface area contributed by atoms with Crippen LogP contribution < -0.4 is 5.32 Å². The summed E-state index contributed by atoms with van der Waals surface area (Å²) in [5.74, 6) is -0.397. The van der Waals surface area contributed by atoms with Gasteiger partial charge in [-0.3, -0.25) is 4.79 Å². The Morgan fingerprint density at radius 3 is 2.55 bits per heavy atom. The molecule has 1 aliphatic rings. The van der Waals surface area contributed by atoms with Crippen molar-refractivity contribution in [2.24, 2.45) is 5.41 Å². The van der Waals surface area contributed by atoms with Crippen LogP contribution in [0, 0.1) is 16.7 Å². The molecule has 2 rings (SSSR count). The lowest BCUT2D eigenvalue weighted by Gasteiger charge is -2.14. The summed E-state index contributed by atoms with van der Waals surface area (Å²) in [5.41, 5.74) is 1.52. The number of nitrogens with zero attached hydrogens (tertiary/aromatic N) is 3. The summed E-state index contributed by atoms with van der Waals surface area (Å²) >= 11 is 0. The largest absolute Gasteiger partial charge is 0.481 e. The molecule has 0 radical (unpaired) electrons. The minimum Gasteiger partial charge on any atom is -0.481 e. The number of aliphatic carboxylic acids is 1. The van der Waals surface area contributed by atoms with Gasteiger partial charge in [0.1, 0.15) is 11.6 Å². The van der Waals surface area contributed by atoms with Gasteiger partial charge in [-0.1, -0.05) is 13.8 Å². The van der Waals surface area contributed by atoms with Gasteiger partial charge in [-0.2, -0.15) is 10.4 Å². The molecule has 6 heteroatoms. The second-order valence-electron chi connectivity index (χ2n) is 5.11. The molecule has 6 nitrogen and oxygen atoms in total. The summed E-state index contributed by atoms with van der Waals surface area (Å²) in [6.07, 6.45) is 2.77. The third kappa shape index (κ3) is 2.44. The predicted octanol–water partition coefficient (Wildman–Crippen LogP) is 1.75. The van der Waals surface area contributed by atoms with Crippen molar-refractivity contribution in [3.63, 3.8) is 0 Å². The smallest absolute Gasteiger partial charge is 0.311 e. The van der Waals surface area contributed by atoms with E-state index in [-0.39, 0.29) is 0 Å². The van der Waals surface area contributed by atoms with Crippen molar-refractivity contribution in [3.8, 4) is 6.07 Å². The van der Waals surface area contributed by atoms with Crippen LogP contribution in [0.1, 0.15) is 43.5 Å². The van der Waals surface area contributed by atoms with Crippen LogP contribution in [0.2, 0.25) is 0 Å². The number of hydrogen-bond acceptors (Lipinski definition) is 5. The molecule has 0 aromatic carbocycles. The normalized spacial score (nSPS) is 15.4. The summed E-state index contributed by atoms with van der Waals surface area (Å²) < 4.78 is 0. The summed E-state index contributed by atoms with van der Waals surface area (Å²) in [6, 6.07) is 2.16. The van der Waals surface area contributed by atoms with Crippen LogP contribution in [0.3, 0.4) is 0 Å². The van der Waals surface area contributed by atoms with Crippen LogP contribution in [0.15, 0.2) is 0 Å². The van der Waals surface area contributed by atoms with Crippen LogP contribution in [0.5, 0.6) is 0 Å². The number of carbonyl (C=O) groups is 1. The molecule has 1 saturated carbocycles. The number of aryl methyl sites for hydroxylation is 1. The zero-order valence-electron chi connectivity index (χ0n) is 11.7. The first-order chi connectivity index (χ1) is 9.57. The minimum atomic E-state index is -0.794. The average molecular weight is 274 g/mol. The Hall–Kier alpha value is -2.16. The topological polar surface area (TPSA) is 98.9 Å². The van der Waals surface area contributed by atoms with E-state index in [9.17, 15) is 10.1 Å². The minimum absolute atomic E-state index is 0.292. The van der Waals surface area contributed by atoms with Gasteiger partial charge in [0.25, 0.3) is 0 Å². The molecule has 20 heavy (non-hydrogen) atoms. The quantitative estimate of drug-likeness (QED) is 0.820. The number of nitriles is 1. The highest BCUT2D eigenvalue weighted by Crippen LogP contribution is 2.45. The monoisotopic (exact) mass is 274 g/mol. The van der Waals surface area contributed by atoms with Crippen molar-refractivity contribution in [3.05, 3.63) is 16.8 Å². The van der Waals surface area contributed by atoms with Gasteiger partial charge in [0.15, 0.2) is 5.82 Å². The Balaban J connectivity index is 2.25. The molecule has 1 heterocycles. The Morgan fingerprint density at radius 2 is 2.10 bits per heavy atom. The van der Waals surface area contributed by atoms with Gasteiger partial charge >= 0.3 is 5.97 Å². The first kappa shape index (κ1) is 14.3. The second-order valence-corrected chi connectivity index (χ2v) is 5.11. The summed E-state index contributed by atoms with van der Waals surface area (Å²) in [6.45, 7) is 4.24. The van der Waals surface area contributed by atoms with Gasteiger partial charge in [0.2, 0.25) is 0 Å². The summed E-state index contributed by atoms with van der Waals surface area (Å²) in [5, 5.41) is 29.7. The zero-order chi connectivity index (χ0) is 14.8. The van der Waals surface area contributed by atoms with Gasteiger partial charge in [0.05, 0.1) is 11.1 Å². The van der Waals surface area contributed by atoms with Crippen molar-refractivity contribution < 1.29 is 9.90 Å². The molecule has 106 valence electrons. The van der Waals surface area contributed by atoms with E-state index in [1.807, 2.05) is 13.8 Å². The van der Waals surface area contributed by atoms with Crippen molar-refractivity contribution in [2.75, 3.05) is 11.9 Å². The number of aromatic nitrogens is 2. The third-order valence-electron chi connectivity index (χ3n) is 3.86. The number of carboxylic acids is 1. The van der Waals surface area contributed by atoms with E-state index in [1.54, 1.807) is 0 Å². The average Bonchev–Trinajstić information content (AvgIpc) is 3.25. The van der Waals surface area contributed by atoms with Crippen LogP contribution >= 0.6 is 0 Å². The molecule has 0 amide bonds. The lowest BCUT2D eigenvalue weighted by Crippen LogP contribution is -2.25. The Bertz CT molecular complexity index is 573. The molecule has 1 aromatic rings.